The van der Waals surface area contributed by atoms with Gasteiger partial charge in [-0.25, -0.2) is 4.68 Å². The molecule has 6 nitrogen and oxygen atoms in total. The second kappa shape index (κ2) is 5.99. The summed E-state index contributed by atoms with van der Waals surface area (Å²) in [6.45, 7) is 2.88. The SMILES string of the molecule is Cc1cccc(OCCn2nncc2CC(=O)O)c1. The summed E-state index contributed by atoms with van der Waals surface area (Å²) in [5.74, 6) is -0.108. The van der Waals surface area contributed by atoms with Gasteiger partial charge in [0, 0.05) is 0 Å². The largest absolute Gasteiger partial charge is 0.492 e. The van der Waals surface area contributed by atoms with Crippen LogP contribution in [0.5, 0.6) is 5.75 Å². The summed E-state index contributed by atoms with van der Waals surface area (Å²) in [5.41, 5.74) is 1.70. The number of hydrogen-bond donors (Lipinski definition) is 1. The number of benzene rings is 1. The molecule has 1 aromatic carbocycles. The highest BCUT2D eigenvalue weighted by Gasteiger charge is 2.08. The zero-order chi connectivity index (χ0) is 13.7. The molecule has 0 radical (unpaired) electrons. The van der Waals surface area contributed by atoms with Crippen molar-refractivity contribution in [2.45, 2.75) is 19.9 Å². The molecule has 0 aliphatic heterocycles. The molecule has 0 aliphatic rings. The minimum absolute atomic E-state index is 0.0859. The van der Waals surface area contributed by atoms with Gasteiger partial charge in [0.25, 0.3) is 0 Å². The number of rotatable bonds is 6. The standard InChI is InChI=1S/C13H15N3O3/c1-10-3-2-4-12(7-10)19-6-5-16-11(8-13(17)18)9-14-15-16/h2-4,7,9H,5-6,8H2,1H3,(H,17,18). The minimum atomic E-state index is -0.900. The summed E-state index contributed by atoms with van der Waals surface area (Å²) in [7, 11) is 0. The molecule has 0 fully saturated rings. The van der Waals surface area contributed by atoms with Gasteiger partial charge in [0.15, 0.2) is 0 Å². The molecule has 0 aliphatic carbocycles. The lowest BCUT2D eigenvalue weighted by molar-refractivity contribution is -0.136. The summed E-state index contributed by atoms with van der Waals surface area (Å²) < 4.78 is 7.13. The highest BCUT2D eigenvalue weighted by atomic mass is 16.5. The van der Waals surface area contributed by atoms with Crippen LogP contribution in [-0.2, 0) is 17.8 Å². The normalized spacial score (nSPS) is 10.4. The van der Waals surface area contributed by atoms with Crippen LogP contribution in [0.15, 0.2) is 30.5 Å². The maximum absolute atomic E-state index is 10.7. The number of carbonyl (C=O) groups is 1. The Labute approximate surface area is 110 Å². The Kier molecular flexibility index (Phi) is 4.12. The first-order chi connectivity index (χ1) is 9.15. The Bertz CT molecular complexity index is 566. The monoisotopic (exact) mass is 261 g/mol. The molecule has 0 saturated heterocycles. The first kappa shape index (κ1) is 13.1. The topological polar surface area (TPSA) is 77.2 Å². The van der Waals surface area contributed by atoms with Gasteiger partial charge in [-0.05, 0) is 24.6 Å². The average Bonchev–Trinajstić information content (AvgIpc) is 2.76. The zero-order valence-corrected chi connectivity index (χ0v) is 10.6. The van der Waals surface area contributed by atoms with Crippen molar-refractivity contribution in [3.05, 3.63) is 41.7 Å². The van der Waals surface area contributed by atoms with Gasteiger partial charge >= 0.3 is 5.97 Å². The van der Waals surface area contributed by atoms with E-state index < -0.39 is 5.97 Å². The minimum Gasteiger partial charge on any atom is -0.492 e. The number of aromatic nitrogens is 3. The van der Waals surface area contributed by atoms with E-state index in [0.717, 1.165) is 11.3 Å². The predicted molar refractivity (Wildman–Crippen MR) is 68.0 cm³/mol. The summed E-state index contributed by atoms with van der Waals surface area (Å²) in [6, 6.07) is 7.75. The zero-order valence-electron chi connectivity index (χ0n) is 10.6. The fraction of sp³-hybridized carbons (Fsp3) is 0.308. The van der Waals surface area contributed by atoms with E-state index in [1.165, 1.54) is 6.20 Å². The number of carboxylic acid groups (broad SMARTS) is 1. The van der Waals surface area contributed by atoms with Crippen LogP contribution in [0.3, 0.4) is 0 Å². The Morgan fingerprint density at radius 1 is 1.47 bits per heavy atom. The van der Waals surface area contributed by atoms with Crippen molar-refractivity contribution in [2.24, 2.45) is 0 Å². The summed E-state index contributed by atoms with van der Waals surface area (Å²) in [4.78, 5) is 10.7. The average molecular weight is 261 g/mol. The van der Waals surface area contributed by atoms with Crippen LogP contribution in [0.1, 0.15) is 11.3 Å². The quantitative estimate of drug-likeness (QED) is 0.847. The van der Waals surface area contributed by atoms with Crippen LogP contribution in [0.25, 0.3) is 0 Å². The van der Waals surface area contributed by atoms with Gasteiger partial charge in [0.05, 0.1) is 24.9 Å². The molecule has 19 heavy (non-hydrogen) atoms. The van der Waals surface area contributed by atoms with E-state index >= 15 is 0 Å². The van der Waals surface area contributed by atoms with E-state index in [9.17, 15) is 4.79 Å². The van der Waals surface area contributed by atoms with Crippen molar-refractivity contribution in [1.29, 1.82) is 0 Å². The molecule has 6 heteroatoms. The summed E-state index contributed by atoms with van der Waals surface area (Å²) in [5, 5.41) is 16.3. The fourth-order valence-electron chi connectivity index (χ4n) is 1.71. The first-order valence-corrected chi connectivity index (χ1v) is 5.94. The maximum atomic E-state index is 10.7. The van der Waals surface area contributed by atoms with Crippen molar-refractivity contribution in [3.63, 3.8) is 0 Å². The van der Waals surface area contributed by atoms with Crippen LogP contribution in [0, 0.1) is 6.92 Å². The van der Waals surface area contributed by atoms with Gasteiger partial charge < -0.3 is 9.84 Å². The second-order valence-electron chi connectivity index (χ2n) is 4.18. The van der Waals surface area contributed by atoms with E-state index in [0.29, 0.717) is 18.8 Å². The van der Waals surface area contributed by atoms with Crippen molar-refractivity contribution >= 4 is 5.97 Å². The number of ether oxygens (including phenoxy) is 1. The van der Waals surface area contributed by atoms with Crippen LogP contribution in [0.4, 0.5) is 0 Å². The fourth-order valence-corrected chi connectivity index (χ4v) is 1.71. The third-order valence-corrected chi connectivity index (χ3v) is 2.59. The molecule has 0 amide bonds. The number of carboxylic acids is 1. The molecule has 0 saturated carbocycles. The van der Waals surface area contributed by atoms with Gasteiger partial charge in [0.2, 0.25) is 0 Å². The van der Waals surface area contributed by atoms with Gasteiger partial charge in [-0.3, -0.25) is 4.79 Å². The molecule has 2 rings (SSSR count). The highest BCUT2D eigenvalue weighted by molar-refractivity contribution is 5.69. The molecular formula is C13H15N3O3. The highest BCUT2D eigenvalue weighted by Crippen LogP contribution is 2.12. The Hall–Kier alpha value is -2.37. The van der Waals surface area contributed by atoms with Gasteiger partial charge in [-0.15, -0.1) is 5.10 Å². The molecule has 1 N–H and O–H groups in total. The third kappa shape index (κ3) is 3.80. The van der Waals surface area contributed by atoms with Crippen molar-refractivity contribution in [1.82, 2.24) is 15.0 Å². The van der Waals surface area contributed by atoms with Crippen LogP contribution >= 0.6 is 0 Å². The van der Waals surface area contributed by atoms with Crippen molar-refractivity contribution in [3.8, 4) is 5.75 Å². The predicted octanol–water partition coefficient (Wildman–Crippen LogP) is 1.29. The van der Waals surface area contributed by atoms with E-state index in [1.807, 2.05) is 31.2 Å². The summed E-state index contributed by atoms with van der Waals surface area (Å²) in [6.07, 6.45) is 1.37. The molecule has 0 bridgehead atoms. The van der Waals surface area contributed by atoms with E-state index in [2.05, 4.69) is 10.3 Å². The number of aliphatic carboxylic acids is 1. The lowest BCUT2D eigenvalue weighted by Gasteiger charge is -2.08. The van der Waals surface area contributed by atoms with Gasteiger partial charge in [-0.1, -0.05) is 17.3 Å². The van der Waals surface area contributed by atoms with Crippen molar-refractivity contribution in [2.75, 3.05) is 6.61 Å². The number of nitrogens with zero attached hydrogens (tertiary/aromatic N) is 3. The molecule has 0 atom stereocenters. The first-order valence-electron chi connectivity index (χ1n) is 5.94. The van der Waals surface area contributed by atoms with Gasteiger partial charge in [0.1, 0.15) is 12.4 Å². The Morgan fingerprint density at radius 3 is 3.05 bits per heavy atom. The smallest absolute Gasteiger partial charge is 0.309 e. The molecular weight excluding hydrogens is 246 g/mol. The summed E-state index contributed by atoms with van der Waals surface area (Å²) >= 11 is 0. The van der Waals surface area contributed by atoms with Crippen LogP contribution < -0.4 is 4.74 Å². The second-order valence-corrected chi connectivity index (χ2v) is 4.18. The Balaban J connectivity index is 1.89. The third-order valence-electron chi connectivity index (χ3n) is 2.59. The van der Waals surface area contributed by atoms with Crippen LogP contribution in [-0.4, -0.2) is 32.7 Å². The number of hydrogen-bond acceptors (Lipinski definition) is 4. The van der Waals surface area contributed by atoms with E-state index in [4.69, 9.17) is 9.84 Å². The number of aryl methyl sites for hydroxylation is 1. The lowest BCUT2D eigenvalue weighted by atomic mass is 10.2. The molecule has 1 aromatic heterocycles. The van der Waals surface area contributed by atoms with Gasteiger partial charge in [-0.2, -0.15) is 0 Å². The molecule has 100 valence electrons. The molecule has 1 heterocycles. The van der Waals surface area contributed by atoms with Crippen molar-refractivity contribution < 1.29 is 14.6 Å². The maximum Gasteiger partial charge on any atom is 0.309 e. The Morgan fingerprint density at radius 2 is 2.32 bits per heavy atom. The lowest BCUT2D eigenvalue weighted by Crippen LogP contribution is -2.14. The van der Waals surface area contributed by atoms with E-state index in [-0.39, 0.29) is 6.42 Å². The van der Waals surface area contributed by atoms with E-state index in [1.54, 1.807) is 4.68 Å². The molecule has 0 unspecified atom stereocenters. The molecule has 2 aromatic rings. The molecule has 0 spiro atoms. The van der Waals surface area contributed by atoms with Crippen LogP contribution in [0.2, 0.25) is 0 Å².